The number of fused-ring (bicyclic) bond motifs is 1. The average Bonchev–Trinajstić information content (AvgIpc) is 3.10. The number of oxazole rings is 1. The molecule has 0 bridgehead atoms. The summed E-state index contributed by atoms with van der Waals surface area (Å²) in [7, 11) is 0. The number of anilines is 1. The minimum Gasteiger partial charge on any atom is -0.484 e. The highest BCUT2D eigenvalue weighted by Crippen LogP contribution is 2.28. The van der Waals surface area contributed by atoms with Gasteiger partial charge in [-0.2, -0.15) is 0 Å². The molecule has 0 saturated carbocycles. The highest BCUT2D eigenvalue weighted by atomic mass is 16.5. The molecule has 0 radical (unpaired) electrons. The SMILES string of the molecule is Cc1cccc(OCC(=O)Nc2ccc3oc(-c4ccccc4C)nc3c2)c1. The second-order valence-corrected chi connectivity index (χ2v) is 6.67. The molecule has 4 rings (SSSR count). The van der Waals surface area contributed by atoms with E-state index < -0.39 is 0 Å². The largest absolute Gasteiger partial charge is 0.484 e. The van der Waals surface area contributed by atoms with Gasteiger partial charge < -0.3 is 14.5 Å². The zero-order chi connectivity index (χ0) is 19.5. The molecule has 140 valence electrons. The molecule has 5 nitrogen and oxygen atoms in total. The Balaban J connectivity index is 1.47. The molecule has 28 heavy (non-hydrogen) atoms. The Bertz CT molecular complexity index is 1150. The third kappa shape index (κ3) is 3.88. The van der Waals surface area contributed by atoms with Gasteiger partial charge in [-0.3, -0.25) is 4.79 Å². The number of ether oxygens (including phenoxy) is 1. The third-order valence-corrected chi connectivity index (χ3v) is 4.41. The molecule has 5 heteroatoms. The van der Waals surface area contributed by atoms with Crippen LogP contribution in [-0.4, -0.2) is 17.5 Å². The molecule has 0 aliphatic carbocycles. The van der Waals surface area contributed by atoms with Gasteiger partial charge in [0.1, 0.15) is 11.3 Å². The standard InChI is InChI=1S/C23H20N2O3/c1-15-6-5-8-18(12-15)27-14-22(26)24-17-10-11-21-20(13-17)25-23(28-21)19-9-4-3-7-16(19)2/h3-13H,14H2,1-2H3,(H,24,26). The van der Waals surface area contributed by atoms with Gasteiger partial charge in [0, 0.05) is 11.3 Å². The lowest BCUT2D eigenvalue weighted by Gasteiger charge is -2.08. The van der Waals surface area contributed by atoms with E-state index in [9.17, 15) is 4.79 Å². The highest BCUT2D eigenvalue weighted by molar-refractivity contribution is 5.94. The van der Waals surface area contributed by atoms with Crippen LogP contribution in [0.25, 0.3) is 22.6 Å². The summed E-state index contributed by atoms with van der Waals surface area (Å²) in [6.07, 6.45) is 0. The van der Waals surface area contributed by atoms with Crippen molar-refractivity contribution in [1.29, 1.82) is 0 Å². The number of carbonyl (C=O) groups is 1. The molecule has 0 spiro atoms. The maximum absolute atomic E-state index is 12.2. The molecule has 1 N–H and O–H groups in total. The quantitative estimate of drug-likeness (QED) is 0.527. The van der Waals surface area contributed by atoms with Crippen molar-refractivity contribution in [2.45, 2.75) is 13.8 Å². The molecule has 3 aromatic carbocycles. The molecule has 0 saturated heterocycles. The van der Waals surface area contributed by atoms with E-state index in [1.165, 1.54) is 0 Å². The first kappa shape index (κ1) is 17.8. The number of aromatic nitrogens is 1. The number of hydrogen-bond donors (Lipinski definition) is 1. The summed E-state index contributed by atoms with van der Waals surface area (Å²) < 4.78 is 11.4. The number of benzene rings is 3. The smallest absolute Gasteiger partial charge is 0.262 e. The van der Waals surface area contributed by atoms with Crippen molar-refractivity contribution in [3.8, 4) is 17.2 Å². The van der Waals surface area contributed by atoms with Crippen LogP contribution in [0.4, 0.5) is 5.69 Å². The first-order chi connectivity index (χ1) is 13.6. The summed E-state index contributed by atoms with van der Waals surface area (Å²) in [5.41, 5.74) is 5.14. The molecular formula is C23H20N2O3. The maximum atomic E-state index is 12.2. The van der Waals surface area contributed by atoms with Crippen LogP contribution >= 0.6 is 0 Å². The Morgan fingerprint density at radius 1 is 1.04 bits per heavy atom. The fourth-order valence-electron chi connectivity index (χ4n) is 2.98. The minimum absolute atomic E-state index is 0.0607. The van der Waals surface area contributed by atoms with Crippen LogP contribution in [0.1, 0.15) is 11.1 Å². The van der Waals surface area contributed by atoms with Gasteiger partial charge in [-0.05, 0) is 61.4 Å². The van der Waals surface area contributed by atoms with Crippen LogP contribution in [-0.2, 0) is 4.79 Å². The molecule has 0 aliphatic heterocycles. The van der Waals surface area contributed by atoms with Gasteiger partial charge in [0.2, 0.25) is 5.89 Å². The molecule has 1 amide bonds. The summed E-state index contributed by atoms with van der Waals surface area (Å²) in [4.78, 5) is 16.8. The van der Waals surface area contributed by atoms with Crippen molar-refractivity contribution in [3.05, 3.63) is 77.9 Å². The van der Waals surface area contributed by atoms with Crippen LogP contribution in [0, 0.1) is 13.8 Å². The Labute approximate surface area is 163 Å². The van der Waals surface area contributed by atoms with E-state index in [0.717, 1.165) is 16.7 Å². The van der Waals surface area contributed by atoms with Gasteiger partial charge in [0.05, 0.1) is 0 Å². The molecule has 0 fully saturated rings. The van der Waals surface area contributed by atoms with Gasteiger partial charge >= 0.3 is 0 Å². The molecular weight excluding hydrogens is 352 g/mol. The summed E-state index contributed by atoms with van der Waals surface area (Å²) in [6.45, 7) is 3.93. The fourth-order valence-corrected chi connectivity index (χ4v) is 2.98. The lowest BCUT2D eigenvalue weighted by atomic mass is 10.1. The average molecular weight is 372 g/mol. The van der Waals surface area contributed by atoms with E-state index in [0.29, 0.717) is 28.4 Å². The zero-order valence-corrected chi connectivity index (χ0v) is 15.7. The maximum Gasteiger partial charge on any atom is 0.262 e. The van der Waals surface area contributed by atoms with Crippen molar-refractivity contribution in [3.63, 3.8) is 0 Å². The van der Waals surface area contributed by atoms with Crippen LogP contribution in [0.5, 0.6) is 5.75 Å². The molecule has 1 aromatic heterocycles. The number of nitrogens with one attached hydrogen (secondary N) is 1. The first-order valence-electron chi connectivity index (χ1n) is 9.04. The predicted molar refractivity (Wildman–Crippen MR) is 109 cm³/mol. The second kappa shape index (κ2) is 7.56. The molecule has 1 heterocycles. The van der Waals surface area contributed by atoms with E-state index in [1.54, 1.807) is 18.2 Å². The summed E-state index contributed by atoms with van der Waals surface area (Å²) in [6, 6.07) is 20.9. The van der Waals surface area contributed by atoms with E-state index in [-0.39, 0.29) is 12.5 Å². The normalized spacial score (nSPS) is 10.8. The van der Waals surface area contributed by atoms with Crippen LogP contribution in [0.15, 0.2) is 71.1 Å². The zero-order valence-electron chi connectivity index (χ0n) is 15.7. The number of amides is 1. The monoisotopic (exact) mass is 372 g/mol. The number of rotatable bonds is 5. The number of nitrogens with zero attached hydrogens (tertiary/aromatic N) is 1. The molecule has 4 aromatic rings. The number of hydrogen-bond acceptors (Lipinski definition) is 4. The van der Waals surface area contributed by atoms with E-state index in [1.807, 2.05) is 62.4 Å². The first-order valence-corrected chi connectivity index (χ1v) is 9.04. The third-order valence-electron chi connectivity index (χ3n) is 4.41. The minimum atomic E-state index is -0.233. The molecule has 0 atom stereocenters. The van der Waals surface area contributed by atoms with E-state index >= 15 is 0 Å². The molecule has 0 unspecified atom stereocenters. The van der Waals surface area contributed by atoms with Crippen molar-refractivity contribution in [2.24, 2.45) is 0 Å². The number of aryl methyl sites for hydroxylation is 2. The second-order valence-electron chi connectivity index (χ2n) is 6.67. The van der Waals surface area contributed by atoms with Gasteiger partial charge in [0.25, 0.3) is 5.91 Å². The molecule has 0 aliphatic rings. The number of carbonyl (C=O) groups excluding carboxylic acids is 1. The van der Waals surface area contributed by atoms with Crippen molar-refractivity contribution >= 4 is 22.7 Å². The summed E-state index contributed by atoms with van der Waals surface area (Å²) in [5.74, 6) is 1.01. The van der Waals surface area contributed by atoms with Gasteiger partial charge in [0.15, 0.2) is 12.2 Å². The highest BCUT2D eigenvalue weighted by Gasteiger charge is 2.11. The fraction of sp³-hybridized carbons (Fsp3) is 0.130. The summed E-state index contributed by atoms with van der Waals surface area (Å²) in [5, 5.41) is 2.83. The van der Waals surface area contributed by atoms with Crippen molar-refractivity contribution < 1.29 is 13.9 Å². The lowest BCUT2D eigenvalue weighted by Crippen LogP contribution is -2.20. The van der Waals surface area contributed by atoms with Gasteiger partial charge in [-0.1, -0.05) is 30.3 Å². The van der Waals surface area contributed by atoms with Crippen LogP contribution in [0.3, 0.4) is 0 Å². The van der Waals surface area contributed by atoms with Crippen LogP contribution < -0.4 is 10.1 Å². The summed E-state index contributed by atoms with van der Waals surface area (Å²) >= 11 is 0. The lowest BCUT2D eigenvalue weighted by molar-refractivity contribution is -0.118. The van der Waals surface area contributed by atoms with E-state index in [2.05, 4.69) is 10.3 Å². The van der Waals surface area contributed by atoms with Gasteiger partial charge in [-0.15, -0.1) is 0 Å². The Morgan fingerprint density at radius 3 is 2.71 bits per heavy atom. The van der Waals surface area contributed by atoms with Crippen molar-refractivity contribution in [2.75, 3.05) is 11.9 Å². The Kier molecular flexibility index (Phi) is 4.81. The predicted octanol–water partition coefficient (Wildman–Crippen LogP) is 5.13. The van der Waals surface area contributed by atoms with Gasteiger partial charge in [-0.25, -0.2) is 4.98 Å². The Hall–Kier alpha value is -3.60. The van der Waals surface area contributed by atoms with Crippen LogP contribution in [0.2, 0.25) is 0 Å². The van der Waals surface area contributed by atoms with E-state index in [4.69, 9.17) is 9.15 Å². The Morgan fingerprint density at radius 2 is 1.89 bits per heavy atom. The topological polar surface area (TPSA) is 64.4 Å². The van der Waals surface area contributed by atoms with Crippen molar-refractivity contribution in [1.82, 2.24) is 4.98 Å².